The number of hydrogen-bond acceptors (Lipinski definition) is 4. The fourth-order valence-electron chi connectivity index (χ4n) is 1.49. The first kappa shape index (κ1) is 15.7. The van der Waals surface area contributed by atoms with E-state index in [1.165, 1.54) is 7.11 Å². The quantitative estimate of drug-likeness (QED) is 0.689. The minimum absolute atomic E-state index is 0.123. The fraction of sp³-hybridized carbons (Fsp3) is 0.357. The van der Waals surface area contributed by atoms with Crippen molar-refractivity contribution in [1.29, 1.82) is 0 Å². The highest BCUT2D eigenvalue weighted by molar-refractivity contribution is 5.83. The van der Waals surface area contributed by atoms with Crippen molar-refractivity contribution < 1.29 is 19.1 Å². The van der Waals surface area contributed by atoms with Crippen LogP contribution in [-0.2, 0) is 25.5 Å². The predicted octanol–water partition coefficient (Wildman–Crippen LogP) is 0.0246. The predicted molar refractivity (Wildman–Crippen MR) is 72.8 cm³/mol. The summed E-state index contributed by atoms with van der Waals surface area (Å²) in [5.74, 6) is -0.959. The minimum atomic E-state index is -0.508. The standard InChI is InChI=1S/C14H18N2O4/c1-20-14(19)10-16-12(17)7-8-15-13(18)9-11-5-3-2-4-6-11/h2-6H,7-10H2,1H3,(H,15,18)(H,16,17). The van der Waals surface area contributed by atoms with Gasteiger partial charge in [0.2, 0.25) is 11.8 Å². The molecule has 0 unspecified atom stereocenters. The number of rotatable bonds is 7. The second kappa shape index (κ2) is 8.68. The lowest BCUT2D eigenvalue weighted by atomic mass is 10.1. The van der Waals surface area contributed by atoms with E-state index in [0.717, 1.165) is 5.56 Å². The Hall–Kier alpha value is -2.37. The Morgan fingerprint density at radius 3 is 2.40 bits per heavy atom. The zero-order chi connectivity index (χ0) is 14.8. The molecule has 0 aromatic heterocycles. The van der Waals surface area contributed by atoms with Crippen molar-refractivity contribution in [2.75, 3.05) is 20.2 Å². The molecule has 6 heteroatoms. The Morgan fingerprint density at radius 1 is 1.05 bits per heavy atom. The lowest BCUT2D eigenvalue weighted by Crippen LogP contribution is -2.34. The Kier molecular flexibility index (Phi) is 6.81. The van der Waals surface area contributed by atoms with Crippen LogP contribution in [0.2, 0.25) is 0 Å². The van der Waals surface area contributed by atoms with Crippen LogP contribution in [-0.4, -0.2) is 38.0 Å². The van der Waals surface area contributed by atoms with E-state index in [1.54, 1.807) is 0 Å². The van der Waals surface area contributed by atoms with Crippen LogP contribution in [0.1, 0.15) is 12.0 Å². The first-order valence-corrected chi connectivity index (χ1v) is 6.26. The van der Waals surface area contributed by atoms with Crippen molar-refractivity contribution in [3.8, 4) is 0 Å². The van der Waals surface area contributed by atoms with Crippen molar-refractivity contribution in [3.63, 3.8) is 0 Å². The van der Waals surface area contributed by atoms with Gasteiger partial charge in [-0.05, 0) is 5.56 Å². The summed E-state index contributed by atoms with van der Waals surface area (Å²) in [6, 6.07) is 9.34. The number of benzene rings is 1. The third kappa shape index (κ3) is 6.53. The van der Waals surface area contributed by atoms with E-state index >= 15 is 0 Å². The van der Waals surface area contributed by atoms with Gasteiger partial charge in [0, 0.05) is 13.0 Å². The Labute approximate surface area is 117 Å². The smallest absolute Gasteiger partial charge is 0.325 e. The number of methoxy groups -OCH3 is 1. The molecule has 2 amide bonds. The van der Waals surface area contributed by atoms with Crippen LogP contribution in [0, 0.1) is 0 Å². The van der Waals surface area contributed by atoms with E-state index in [-0.39, 0.29) is 37.7 Å². The van der Waals surface area contributed by atoms with Gasteiger partial charge in [0.05, 0.1) is 13.5 Å². The summed E-state index contributed by atoms with van der Waals surface area (Å²) in [4.78, 5) is 33.7. The second-order valence-corrected chi connectivity index (χ2v) is 4.12. The van der Waals surface area contributed by atoms with E-state index in [9.17, 15) is 14.4 Å². The monoisotopic (exact) mass is 278 g/mol. The summed E-state index contributed by atoms with van der Waals surface area (Å²) in [7, 11) is 1.25. The SMILES string of the molecule is COC(=O)CNC(=O)CCNC(=O)Cc1ccccc1. The van der Waals surface area contributed by atoms with Crippen LogP contribution in [0.25, 0.3) is 0 Å². The van der Waals surface area contributed by atoms with Gasteiger partial charge < -0.3 is 15.4 Å². The summed E-state index contributed by atoms with van der Waals surface area (Å²) in [6.45, 7) is 0.0754. The van der Waals surface area contributed by atoms with Crippen LogP contribution < -0.4 is 10.6 Å². The molecule has 0 saturated carbocycles. The number of carbonyl (C=O) groups is 3. The molecule has 0 spiro atoms. The topological polar surface area (TPSA) is 84.5 Å². The number of carbonyl (C=O) groups excluding carboxylic acids is 3. The molecule has 20 heavy (non-hydrogen) atoms. The van der Waals surface area contributed by atoms with E-state index in [0.29, 0.717) is 0 Å². The lowest BCUT2D eigenvalue weighted by molar-refractivity contribution is -0.141. The van der Waals surface area contributed by atoms with Gasteiger partial charge in [-0.25, -0.2) is 0 Å². The molecule has 108 valence electrons. The van der Waals surface area contributed by atoms with Gasteiger partial charge in [-0.15, -0.1) is 0 Å². The molecule has 0 aliphatic heterocycles. The van der Waals surface area contributed by atoms with Crippen LogP contribution in [0.4, 0.5) is 0 Å². The molecule has 1 aromatic rings. The molecule has 0 heterocycles. The van der Waals surface area contributed by atoms with Gasteiger partial charge in [0.15, 0.2) is 0 Å². The summed E-state index contributed by atoms with van der Waals surface area (Å²) < 4.78 is 4.39. The van der Waals surface area contributed by atoms with E-state index in [4.69, 9.17) is 0 Å². The van der Waals surface area contributed by atoms with Crippen LogP contribution >= 0.6 is 0 Å². The van der Waals surface area contributed by atoms with Crippen molar-refractivity contribution >= 4 is 17.8 Å². The Morgan fingerprint density at radius 2 is 1.75 bits per heavy atom. The maximum Gasteiger partial charge on any atom is 0.325 e. The lowest BCUT2D eigenvalue weighted by Gasteiger charge is -2.06. The largest absolute Gasteiger partial charge is 0.468 e. The molecule has 0 bridgehead atoms. The summed E-state index contributed by atoms with van der Waals surface area (Å²) in [6.07, 6.45) is 0.405. The highest BCUT2D eigenvalue weighted by Gasteiger charge is 2.06. The minimum Gasteiger partial charge on any atom is -0.468 e. The number of nitrogens with one attached hydrogen (secondary N) is 2. The first-order chi connectivity index (χ1) is 9.61. The van der Waals surface area contributed by atoms with Crippen LogP contribution in [0.5, 0.6) is 0 Å². The fourth-order valence-corrected chi connectivity index (χ4v) is 1.49. The molecule has 0 fully saturated rings. The highest BCUT2D eigenvalue weighted by atomic mass is 16.5. The zero-order valence-corrected chi connectivity index (χ0v) is 11.3. The molecule has 0 aliphatic carbocycles. The van der Waals surface area contributed by atoms with Gasteiger partial charge in [-0.2, -0.15) is 0 Å². The van der Waals surface area contributed by atoms with Crippen molar-refractivity contribution in [1.82, 2.24) is 10.6 Å². The van der Waals surface area contributed by atoms with Gasteiger partial charge in [-0.3, -0.25) is 14.4 Å². The second-order valence-electron chi connectivity index (χ2n) is 4.12. The summed E-state index contributed by atoms with van der Waals surface area (Å²) in [5, 5.41) is 5.04. The third-order valence-electron chi connectivity index (χ3n) is 2.54. The van der Waals surface area contributed by atoms with Gasteiger partial charge in [-0.1, -0.05) is 30.3 Å². The molecule has 2 N–H and O–H groups in total. The van der Waals surface area contributed by atoms with Crippen molar-refractivity contribution in [2.24, 2.45) is 0 Å². The number of hydrogen-bond donors (Lipinski definition) is 2. The van der Waals surface area contributed by atoms with Crippen LogP contribution in [0.15, 0.2) is 30.3 Å². The van der Waals surface area contributed by atoms with Gasteiger partial charge >= 0.3 is 5.97 Å². The van der Waals surface area contributed by atoms with Crippen molar-refractivity contribution in [3.05, 3.63) is 35.9 Å². The first-order valence-electron chi connectivity index (χ1n) is 6.26. The normalized spacial score (nSPS) is 9.65. The molecule has 6 nitrogen and oxygen atoms in total. The maximum absolute atomic E-state index is 11.6. The van der Waals surface area contributed by atoms with E-state index in [1.807, 2.05) is 30.3 Å². The van der Waals surface area contributed by atoms with Gasteiger partial charge in [0.1, 0.15) is 6.54 Å². The number of ether oxygens (including phenoxy) is 1. The van der Waals surface area contributed by atoms with E-state index in [2.05, 4.69) is 15.4 Å². The molecule has 0 aliphatic rings. The van der Waals surface area contributed by atoms with Crippen molar-refractivity contribution in [2.45, 2.75) is 12.8 Å². The Bertz CT molecular complexity index is 460. The average Bonchev–Trinajstić information content (AvgIpc) is 2.45. The Balaban J connectivity index is 2.15. The highest BCUT2D eigenvalue weighted by Crippen LogP contribution is 1.98. The summed E-state index contributed by atoms with van der Waals surface area (Å²) >= 11 is 0. The van der Waals surface area contributed by atoms with Crippen LogP contribution in [0.3, 0.4) is 0 Å². The molecular weight excluding hydrogens is 260 g/mol. The number of amides is 2. The molecule has 1 aromatic carbocycles. The molecule has 0 atom stereocenters. The third-order valence-corrected chi connectivity index (χ3v) is 2.54. The molecule has 1 rings (SSSR count). The number of esters is 1. The summed E-state index contributed by atoms with van der Waals surface area (Å²) in [5.41, 5.74) is 0.917. The zero-order valence-electron chi connectivity index (χ0n) is 11.3. The molecule has 0 radical (unpaired) electrons. The average molecular weight is 278 g/mol. The van der Waals surface area contributed by atoms with Gasteiger partial charge in [0.25, 0.3) is 0 Å². The molecule has 0 saturated heterocycles. The molecular formula is C14H18N2O4. The van der Waals surface area contributed by atoms with E-state index < -0.39 is 5.97 Å². The maximum atomic E-state index is 11.6.